The lowest BCUT2D eigenvalue weighted by Crippen LogP contribution is -2.11. The third kappa shape index (κ3) is 1.01. The molecule has 2 rings (SSSR count). The van der Waals surface area contributed by atoms with Gasteiger partial charge in [0.1, 0.15) is 0 Å². The minimum atomic E-state index is -0.357. The van der Waals surface area contributed by atoms with Gasteiger partial charge in [-0.1, -0.05) is 18.2 Å². The summed E-state index contributed by atoms with van der Waals surface area (Å²) in [7, 11) is 0. The highest BCUT2D eigenvalue weighted by Gasteiger charge is 2.07. The predicted molar refractivity (Wildman–Crippen MR) is 47.7 cm³/mol. The van der Waals surface area contributed by atoms with Crippen molar-refractivity contribution in [3.8, 4) is 0 Å². The Balaban J connectivity index is 2.49. The maximum absolute atomic E-state index is 10.8. The van der Waals surface area contributed by atoms with Crippen LogP contribution < -0.4 is 5.73 Å². The fourth-order valence-corrected chi connectivity index (χ4v) is 1.41. The van der Waals surface area contributed by atoms with E-state index in [-0.39, 0.29) is 5.91 Å². The van der Waals surface area contributed by atoms with Crippen LogP contribution in [0.15, 0.2) is 24.3 Å². The van der Waals surface area contributed by atoms with E-state index in [2.05, 4.69) is 12.2 Å². The van der Waals surface area contributed by atoms with Gasteiger partial charge in [-0.25, -0.2) is 0 Å². The van der Waals surface area contributed by atoms with Gasteiger partial charge in [-0.3, -0.25) is 4.79 Å². The summed E-state index contributed by atoms with van der Waals surface area (Å²) in [5.41, 5.74) is 8.12. The van der Waals surface area contributed by atoms with Crippen LogP contribution in [-0.2, 0) is 6.42 Å². The van der Waals surface area contributed by atoms with Gasteiger partial charge >= 0.3 is 0 Å². The van der Waals surface area contributed by atoms with Crippen molar-refractivity contribution >= 4 is 12.0 Å². The molecule has 0 bridgehead atoms. The van der Waals surface area contributed by atoms with Crippen molar-refractivity contribution in [2.45, 2.75) is 6.42 Å². The second kappa shape index (κ2) is 2.48. The van der Waals surface area contributed by atoms with Crippen LogP contribution in [0.5, 0.6) is 0 Å². The zero-order chi connectivity index (χ0) is 8.55. The van der Waals surface area contributed by atoms with Gasteiger partial charge < -0.3 is 5.73 Å². The Labute approximate surface area is 70.7 Å². The van der Waals surface area contributed by atoms with Gasteiger partial charge in [-0.05, 0) is 29.7 Å². The Bertz CT molecular complexity index is 366. The van der Waals surface area contributed by atoms with Crippen LogP contribution in [0.3, 0.4) is 0 Å². The first-order chi connectivity index (χ1) is 5.77. The molecule has 0 aromatic heterocycles. The van der Waals surface area contributed by atoms with E-state index in [0.717, 1.165) is 6.42 Å². The number of hydrogen-bond acceptors (Lipinski definition) is 1. The number of carbonyl (C=O) groups is 1. The Morgan fingerprint density at radius 1 is 1.42 bits per heavy atom. The molecule has 1 aliphatic rings. The molecule has 0 radical (unpaired) electrons. The van der Waals surface area contributed by atoms with Crippen LogP contribution in [-0.4, -0.2) is 5.91 Å². The number of nitrogens with two attached hydrogens (primary N) is 1. The van der Waals surface area contributed by atoms with E-state index in [1.54, 1.807) is 6.07 Å². The summed E-state index contributed by atoms with van der Waals surface area (Å²) in [5.74, 6) is -0.357. The molecular weight excluding hydrogens is 150 g/mol. The van der Waals surface area contributed by atoms with E-state index in [9.17, 15) is 4.79 Å². The van der Waals surface area contributed by atoms with Crippen LogP contribution in [0.25, 0.3) is 6.08 Å². The summed E-state index contributed by atoms with van der Waals surface area (Å²) in [4.78, 5) is 10.8. The zero-order valence-corrected chi connectivity index (χ0v) is 6.58. The average Bonchev–Trinajstić information content (AvgIpc) is 2.49. The van der Waals surface area contributed by atoms with Gasteiger partial charge in [0.2, 0.25) is 5.91 Å². The van der Waals surface area contributed by atoms with Gasteiger partial charge in [0.05, 0.1) is 0 Å². The molecule has 2 N–H and O–H groups in total. The monoisotopic (exact) mass is 159 g/mol. The summed E-state index contributed by atoms with van der Waals surface area (Å²) in [5, 5.41) is 0. The number of rotatable bonds is 1. The molecule has 0 aliphatic heterocycles. The molecule has 1 aromatic carbocycles. The smallest absolute Gasteiger partial charge is 0.248 e. The molecule has 12 heavy (non-hydrogen) atoms. The number of hydrogen-bond donors (Lipinski definition) is 1. The second-order valence-corrected chi connectivity index (χ2v) is 2.88. The van der Waals surface area contributed by atoms with Crippen molar-refractivity contribution in [3.63, 3.8) is 0 Å². The Kier molecular flexibility index (Phi) is 1.47. The molecule has 0 heterocycles. The van der Waals surface area contributed by atoms with Crippen LogP contribution in [0, 0.1) is 0 Å². The van der Waals surface area contributed by atoms with E-state index >= 15 is 0 Å². The zero-order valence-electron chi connectivity index (χ0n) is 6.58. The van der Waals surface area contributed by atoms with Crippen LogP contribution in [0.1, 0.15) is 21.5 Å². The molecule has 2 heteroatoms. The molecule has 60 valence electrons. The SMILES string of the molecule is NC(=O)c1ccc2c(c1)CC=C2. The number of primary amides is 1. The first-order valence-corrected chi connectivity index (χ1v) is 3.86. The van der Waals surface area contributed by atoms with E-state index in [0.29, 0.717) is 5.56 Å². The molecule has 1 aromatic rings. The fourth-order valence-electron chi connectivity index (χ4n) is 1.41. The van der Waals surface area contributed by atoms with Gasteiger partial charge in [0.25, 0.3) is 0 Å². The van der Waals surface area contributed by atoms with E-state index in [1.807, 2.05) is 12.1 Å². The number of carbonyl (C=O) groups excluding carboxylic acids is 1. The third-order valence-corrected chi connectivity index (χ3v) is 2.06. The molecule has 0 unspecified atom stereocenters. The van der Waals surface area contributed by atoms with Gasteiger partial charge in [0, 0.05) is 5.56 Å². The molecule has 0 spiro atoms. The van der Waals surface area contributed by atoms with Crippen molar-refractivity contribution in [2.75, 3.05) is 0 Å². The van der Waals surface area contributed by atoms with Crippen molar-refractivity contribution < 1.29 is 4.79 Å². The first-order valence-electron chi connectivity index (χ1n) is 3.86. The van der Waals surface area contributed by atoms with Crippen LogP contribution >= 0.6 is 0 Å². The van der Waals surface area contributed by atoms with E-state index in [4.69, 9.17) is 5.73 Å². The predicted octanol–water partition coefficient (Wildman–Crippen LogP) is 1.35. The van der Waals surface area contributed by atoms with Gasteiger partial charge in [-0.15, -0.1) is 0 Å². The summed E-state index contributed by atoms with van der Waals surface area (Å²) in [6.45, 7) is 0. The maximum atomic E-state index is 10.8. The molecule has 1 amide bonds. The third-order valence-electron chi connectivity index (χ3n) is 2.06. The number of allylic oxidation sites excluding steroid dienone is 1. The van der Waals surface area contributed by atoms with Crippen molar-refractivity contribution in [3.05, 3.63) is 41.0 Å². The van der Waals surface area contributed by atoms with Crippen LogP contribution in [0.4, 0.5) is 0 Å². The van der Waals surface area contributed by atoms with Gasteiger partial charge in [-0.2, -0.15) is 0 Å². The Morgan fingerprint density at radius 3 is 3.00 bits per heavy atom. The first kappa shape index (κ1) is 7.10. The summed E-state index contributed by atoms with van der Waals surface area (Å²) in [6.07, 6.45) is 5.05. The van der Waals surface area contributed by atoms with Crippen molar-refractivity contribution in [1.82, 2.24) is 0 Å². The van der Waals surface area contributed by atoms with Gasteiger partial charge in [0.15, 0.2) is 0 Å². The molecule has 0 saturated heterocycles. The summed E-state index contributed by atoms with van der Waals surface area (Å²) in [6, 6.07) is 5.55. The topological polar surface area (TPSA) is 43.1 Å². The lowest BCUT2D eigenvalue weighted by atomic mass is 10.1. The second-order valence-electron chi connectivity index (χ2n) is 2.88. The molecule has 0 fully saturated rings. The van der Waals surface area contributed by atoms with Crippen LogP contribution in [0.2, 0.25) is 0 Å². The highest BCUT2D eigenvalue weighted by atomic mass is 16.1. The largest absolute Gasteiger partial charge is 0.366 e. The minimum Gasteiger partial charge on any atom is -0.366 e. The number of amides is 1. The average molecular weight is 159 g/mol. The summed E-state index contributed by atoms with van der Waals surface area (Å²) >= 11 is 0. The maximum Gasteiger partial charge on any atom is 0.248 e. The Morgan fingerprint density at radius 2 is 2.25 bits per heavy atom. The highest BCUT2D eigenvalue weighted by Crippen LogP contribution is 2.20. The fraction of sp³-hybridized carbons (Fsp3) is 0.100. The number of benzene rings is 1. The Hall–Kier alpha value is -1.57. The number of fused-ring (bicyclic) bond motifs is 1. The highest BCUT2D eigenvalue weighted by molar-refractivity contribution is 5.93. The lowest BCUT2D eigenvalue weighted by molar-refractivity contribution is 0.1000. The molecule has 1 aliphatic carbocycles. The van der Waals surface area contributed by atoms with Crippen molar-refractivity contribution in [1.29, 1.82) is 0 Å². The molecule has 2 nitrogen and oxygen atoms in total. The minimum absolute atomic E-state index is 0.357. The van der Waals surface area contributed by atoms with Crippen molar-refractivity contribution in [2.24, 2.45) is 5.73 Å². The quantitative estimate of drug-likeness (QED) is 0.660. The summed E-state index contributed by atoms with van der Waals surface area (Å²) < 4.78 is 0. The van der Waals surface area contributed by atoms with E-state index in [1.165, 1.54) is 11.1 Å². The standard InChI is InChI=1S/C10H9NO/c11-10(12)9-5-4-7-2-1-3-8(7)6-9/h1-2,4-6H,3H2,(H2,11,12). The molecule has 0 saturated carbocycles. The molecule has 0 atom stereocenters. The lowest BCUT2D eigenvalue weighted by Gasteiger charge is -2.00. The van der Waals surface area contributed by atoms with E-state index < -0.39 is 0 Å². The molecular formula is C10H9NO. The normalized spacial score (nSPS) is 13.0.